The third kappa shape index (κ3) is 3.43. The normalized spacial score (nSPS) is 21.9. The molecule has 0 aliphatic carbocycles. The van der Waals surface area contributed by atoms with Crippen molar-refractivity contribution in [2.45, 2.75) is 13.0 Å². The Labute approximate surface area is 145 Å². The molecule has 0 spiro atoms. The van der Waals surface area contributed by atoms with Crippen molar-refractivity contribution in [3.63, 3.8) is 0 Å². The zero-order valence-corrected chi connectivity index (χ0v) is 14.1. The zero-order valence-electron chi connectivity index (χ0n) is 14.1. The monoisotopic (exact) mass is 349 g/mol. The summed E-state index contributed by atoms with van der Waals surface area (Å²) in [7, 11) is 0. The van der Waals surface area contributed by atoms with Crippen molar-refractivity contribution in [3.8, 4) is 0 Å². The van der Waals surface area contributed by atoms with Gasteiger partial charge in [0, 0.05) is 5.56 Å². The van der Waals surface area contributed by atoms with Crippen molar-refractivity contribution in [3.05, 3.63) is 47.0 Å². The van der Waals surface area contributed by atoms with E-state index in [1.807, 2.05) is 0 Å². The summed E-state index contributed by atoms with van der Waals surface area (Å²) in [5.74, 6) is -2.12. The number of Topliss-reactive ketones (excluding diaryl/α,β-unsaturated/α-hetero) is 1. The Kier molecular flexibility index (Phi) is 5.15. The minimum Gasteiger partial charge on any atom is -0.503 e. The number of ether oxygens (including phenoxy) is 1. The number of carbonyl (C=O) groups is 2. The number of benzene rings is 1. The molecule has 2 N–H and O–H groups in total. The molecule has 0 saturated carbocycles. The van der Waals surface area contributed by atoms with Gasteiger partial charge >= 0.3 is 0 Å². The zero-order chi connectivity index (χ0) is 18.0. The standard InChI is InChI=1S/C18H21FN2O4/c1-12(22)15-16(13-4-2-3-5-14(13)19)21(18(24)17(15)23)7-6-20-8-10-25-11-9-20/h2-5,16,23H,6-11H2,1H3/p+1/t16-/m0/s1. The molecule has 2 heterocycles. The van der Waals surface area contributed by atoms with E-state index in [4.69, 9.17) is 4.74 Å². The lowest BCUT2D eigenvalue weighted by atomic mass is 9.96. The van der Waals surface area contributed by atoms with Gasteiger partial charge in [0.1, 0.15) is 18.9 Å². The molecule has 6 nitrogen and oxygen atoms in total. The van der Waals surface area contributed by atoms with Crippen molar-refractivity contribution in [1.82, 2.24) is 4.90 Å². The van der Waals surface area contributed by atoms with E-state index >= 15 is 0 Å². The Morgan fingerprint density at radius 2 is 2.04 bits per heavy atom. The van der Waals surface area contributed by atoms with Gasteiger partial charge in [0.05, 0.1) is 37.9 Å². The molecule has 1 fully saturated rings. The number of nitrogens with zero attached hydrogens (tertiary/aromatic N) is 1. The number of carbonyl (C=O) groups excluding carboxylic acids is 2. The number of aliphatic hydroxyl groups is 1. The molecule has 0 radical (unpaired) electrons. The van der Waals surface area contributed by atoms with E-state index in [1.54, 1.807) is 18.2 Å². The maximum atomic E-state index is 14.3. The third-order valence-corrected chi connectivity index (χ3v) is 4.79. The van der Waals surface area contributed by atoms with E-state index in [1.165, 1.54) is 22.8 Å². The molecule has 2 aliphatic rings. The average Bonchev–Trinajstić information content (AvgIpc) is 2.85. The van der Waals surface area contributed by atoms with Crippen molar-refractivity contribution in [1.29, 1.82) is 0 Å². The minimum absolute atomic E-state index is 0.0351. The van der Waals surface area contributed by atoms with Gasteiger partial charge in [-0.2, -0.15) is 0 Å². The van der Waals surface area contributed by atoms with Gasteiger partial charge in [-0.25, -0.2) is 4.39 Å². The smallest absolute Gasteiger partial charge is 0.290 e. The SMILES string of the molecule is CC(=O)C1=C(O)C(=O)N(CC[NH+]2CCOCC2)[C@H]1c1ccccc1F. The van der Waals surface area contributed by atoms with Gasteiger partial charge < -0.3 is 19.6 Å². The molecule has 1 atom stereocenters. The second kappa shape index (κ2) is 7.33. The van der Waals surface area contributed by atoms with Crippen LogP contribution in [-0.2, 0) is 14.3 Å². The van der Waals surface area contributed by atoms with Gasteiger partial charge in [-0.15, -0.1) is 0 Å². The molecule has 1 amide bonds. The molecule has 134 valence electrons. The lowest BCUT2D eigenvalue weighted by Crippen LogP contribution is -3.14. The summed E-state index contributed by atoms with van der Waals surface area (Å²) in [5.41, 5.74) is 0.189. The summed E-state index contributed by atoms with van der Waals surface area (Å²) in [6.45, 7) is 5.27. The summed E-state index contributed by atoms with van der Waals surface area (Å²) in [5, 5.41) is 10.2. The maximum Gasteiger partial charge on any atom is 0.290 e. The fourth-order valence-electron chi connectivity index (χ4n) is 3.45. The largest absolute Gasteiger partial charge is 0.503 e. The Bertz CT molecular complexity index is 713. The molecule has 25 heavy (non-hydrogen) atoms. The molecule has 0 bridgehead atoms. The van der Waals surface area contributed by atoms with Crippen LogP contribution in [0.1, 0.15) is 18.5 Å². The predicted octanol–water partition coefficient (Wildman–Crippen LogP) is 0.0252. The molecule has 1 saturated heterocycles. The van der Waals surface area contributed by atoms with Crippen LogP contribution in [0, 0.1) is 5.82 Å². The summed E-state index contributed by atoms with van der Waals surface area (Å²) in [4.78, 5) is 27.2. The van der Waals surface area contributed by atoms with Gasteiger partial charge in [0.15, 0.2) is 11.5 Å². The fourth-order valence-corrected chi connectivity index (χ4v) is 3.45. The van der Waals surface area contributed by atoms with Crippen LogP contribution in [-0.4, -0.2) is 61.1 Å². The van der Waals surface area contributed by atoms with Crippen LogP contribution in [0.4, 0.5) is 4.39 Å². The van der Waals surface area contributed by atoms with Crippen LogP contribution in [0.15, 0.2) is 35.6 Å². The topological polar surface area (TPSA) is 71.3 Å². The molecular weight excluding hydrogens is 327 g/mol. The van der Waals surface area contributed by atoms with Crippen molar-refractivity contribution in [2.24, 2.45) is 0 Å². The summed E-state index contributed by atoms with van der Waals surface area (Å²) in [6.07, 6.45) is 0. The number of hydrogen-bond donors (Lipinski definition) is 2. The van der Waals surface area contributed by atoms with Crippen molar-refractivity contribution < 1.29 is 28.7 Å². The molecule has 2 aliphatic heterocycles. The van der Waals surface area contributed by atoms with Crippen LogP contribution in [0.25, 0.3) is 0 Å². The van der Waals surface area contributed by atoms with Crippen LogP contribution in [0.5, 0.6) is 0 Å². The Morgan fingerprint density at radius 3 is 2.68 bits per heavy atom. The number of amides is 1. The van der Waals surface area contributed by atoms with Gasteiger partial charge in [0.2, 0.25) is 0 Å². The van der Waals surface area contributed by atoms with E-state index < -0.39 is 29.3 Å². The number of ketones is 1. The van der Waals surface area contributed by atoms with Crippen LogP contribution >= 0.6 is 0 Å². The maximum absolute atomic E-state index is 14.3. The highest BCUT2D eigenvalue weighted by atomic mass is 19.1. The molecule has 1 aromatic rings. The molecule has 1 aromatic carbocycles. The number of quaternary nitrogens is 1. The average molecular weight is 349 g/mol. The van der Waals surface area contributed by atoms with Crippen molar-refractivity contribution in [2.75, 3.05) is 39.4 Å². The minimum atomic E-state index is -0.883. The number of aliphatic hydroxyl groups excluding tert-OH is 1. The summed E-state index contributed by atoms with van der Waals surface area (Å²) < 4.78 is 19.6. The van der Waals surface area contributed by atoms with E-state index in [-0.39, 0.29) is 11.1 Å². The fraction of sp³-hybridized carbons (Fsp3) is 0.444. The highest BCUT2D eigenvalue weighted by Gasteiger charge is 2.43. The van der Waals surface area contributed by atoms with Crippen LogP contribution < -0.4 is 4.90 Å². The molecule has 3 rings (SSSR count). The van der Waals surface area contributed by atoms with Gasteiger partial charge in [-0.3, -0.25) is 9.59 Å². The highest BCUT2D eigenvalue weighted by Crippen LogP contribution is 2.38. The molecule has 0 aromatic heterocycles. The van der Waals surface area contributed by atoms with Gasteiger partial charge in [-0.1, -0.05) is 18.2 Å². The highest BCUT2D eigenvalue weighted by molar-refractivity contribution is 6.08. The van der Waals surface area contributed by atoms with E-state index in [2.05, 4.69) is 0 Å². The number of hydrogen-bond acceptors (Lipinski definition) is 4. The van der Waals surface area contributed by atoms with E-state index in [0.29, 0.717) is 26.3 Å². The second-order valence-electron chi connectivity index (χ2n) is 6.35. The summed E-state index contributed by atoms with van der Waals surface area (Å²) in [6, 6.07) is 5.16. The number of nitrogens with one attached hydrogen (secondary N) is 1. The lowest BCUT2D eigenvalue weighted by Gasteiger charge is -2.30. The number of halogens is 1. The molecular formula is C18H22FN2O4+. The number of morpholine rings is 1. The van der Waals surface area contributed by atoms with Crippen LogP contribution in [0.3, 0.4) is 0 Å². The first-order chi connectivity index (χ1) is 12.0. The third-order valence-electron chi connectivity index (χ3n) is 4.79. The summed E-state index contributed by atoms with van der Waals surface area (Å²) >= 11 is 0. The lowest BCUT2D eigenvalue weighted by molar-refractivity contribution is -0.907. The first-order valence-corrected chi connectivity index (χ1v) is 8.41. The quantitative estimate of drug-likeness (QED) is 0.787. The molecule has 7 heteroatoms. The first-order valence-electron chi connectivity index (χ1n) is 8.41. The Balaban J connectivity index is 1.88. The molecule has 0 unspecified atom stereocenters. The van der Waals surface area contributed by atoms with Crippen molar-refractivity contribution >= 4 is 11.7 Å². The Morgan fingerprint density at radius 1 is 1.36 bits per heavy atom. The van der Waals surface area contributed by atoms with Crippen LogP contribution in [0.2, 0.25) is 0 Å². The second-order valence-corrected chi connectivity index (χ2v) is 6.35. The van der Waals surface area contributed by atoms with Gasteiger partial charge in [-0.05, 0) is 13.0 Å². The van der Waals surface area contributed by atoms with E-state index in [0.717, 1.165) is 13.1 Å². The van der Waals surface area contributed by atoms with Gasteiger partial charge in [0.25, 0.3) is 5.91 Å². The first kappa shape index (κ1) is 17.6. The van der Waals surface area contributed by atoms with E-state index in [9.17, 15) is 19.1 Å². The predicted molar refractivity (Wildman–Crippen MR) is 87.6 cm³/mol. The number of rotatable bonds is 5. The Hall–Kier alpha value is -2.25.